The topological polar surface area (TPSA) is 54.4 Å². The van der Waals surface area contributed by atoms with Crippen molar-refractivity contribution in [2.45, 2.75) is 0 Å². The van der Waals surface area contributed by atoms with E-state index in [1.165, 1.54) is 0 Å². The molecule has 0 amide bonds. The molecule has 0 rings (SSSR count). The van der Waals surface area contributed by atoms with E-state index in [0.29, 0.717) is 0 Å². The molecular weight excluding hydrogens is 203 g/mol. The molecular formula is C3H7NaO3S3. The molecule has 0 heterocycles. The van der Waals surface area contributed by atoms with Gasteiger partial charge >= 0.3 is 35.5 Å². The zero-order chi connectivity index (χ0) is 7.86. The number of rotatable bonds is 1. The van der Waals surface area contributed by atoms with E-state index in [-0.39, 0.29) is 35.3 Å². The quantitative estimate of drug-likeness (QED) is 0.372. The molecule has 0 fully saturated rings. The van der Waals surface area contributed by atoms with E-state index in [2.05, 4.69) is 37.9 Å². The van der Waals surface area contributed by atoms with Crippen molar-refractivity contribution in [3.8, 4) is 0 Å². The third-order valence-corrected chi connectivity index (χ3v) is 0.406. The minimum absolute atomic E-state index is 0. The van der Waals surface area contributed by atoms with Gasteiger partial charge in [0.2, 0.25) is 4.45 Å². The molecule has 0 saturated carbocycles. The Morgan fingerprint density at radius 3 is 1.40 bits per heavy atom. The van der Waals surface area contributed by atoms with E-state index < -0.39 is 10.4 Å². The van der Waals surface area contributed by atoms with Crippen LogP contribution in [0.25, 0.3) is 0 Å². The van der Waals surface area contributed by atoms with Crippen LogP contribution >= 0.6 is 37.9 Å². The van der Waals surface area contributed by atoms with Crippen LogP contribution in [0, 0.1) is 0 Å². The van der Waals surface area contributed by atoms with Crippen LogP contribution in [0.5, 0.6) is 0 Å². The van der Waals surface area contributed by atoms with Crippen molar-refractivity contribution >= 4 is 77.9 Å². The number of hydrogen-bond donors (Lipinski definition) is 4. The number of thiol groups is 3. The first-order chi connectivity index (χ1) is 4.00. The van der Waals surface area contributed by atoms with Crippen LogP contribution in [0.1, 0.15) is 0 Å². The van der Waals surface area contributed by atoms with Gasteiger partial charge in [-0.1, -0.05) is 25.3 Å². The molecule has 0 aliphatic rings. The number of carbonyl (C=O) groups is 2. The molecule has 0 bridgehead atoms. The van der Waals surface area contributed by atoms with Gasteiger partial charge in [-0.25, -0.2) is 0 Å². The summed E-state index contributed by atoms with van der Waals surface area (Å²) in [5.74, 6) is -0.965. The summed E-state index contributed by atoms with van der Waals surface area (Å²) in [5.41, 5.74) is 0. The summed E-state index contributed by atoms with van der Waals surface area (Å²) >= 11 is 9.80. The molecule has 0 aliphatic heterocycles. The molecule has 0 atom stereocenters. The average molecular weight is 210 g/mol. The average Bonchev–Trinajstić information content (AvgIpc) is 1.65. The van der Waals surface area contributed by atoms with Crippen LogP contribution in [0.4, 0.5) is 4.79 Å². The number of carboxylic acid groups (broad SMARTS) is 1. The molecule has 0 spiro atoms. The van der Waals surface area contributed by atoms with Gasteiger partial charge in [0.15, 0.2) is 0 Å². The van der Waals surface area contributed by atoms with Crippen molar-refractivity contribution in [1.29, 1.82) is 0 Å². The molecule has 0 aromatic rings. The van der Waals surface area contributed by atoms with E-state index in [1.807, 2.05) is 0 Å². The summed E-state index contributed by atoms with van der Waals surface area (Å²) in [7, 11) is 0. The molecule has 3 nitrogen and oxygen atoms in total. The Hall–Kier alpha value is 1.19. The van der Waals surface area contributed by atoms with Gasteiger partial charge in [-0.05, 0) is 0 Å². The van der Waals surface area contributed by atoms with Crippen molar-refractivity contribution in [3.63, 3.8) is 0 Å². The number of aliphatic carboxylic acids is 1. The third kappa shape index (κ3) is 60.6. The van der Waals surface area contributed by atoms with Gasteiger partial charge in [-0.2, -0.15) is 12.6 Å². The van der Waals surface area contributed by atoms with Crippen LogP contribution in [0.15, 0.2) is 0 Å². The predicted octanol–water partition coefficient (Wildman–Crippen LogP) is 0.318. The summed E-state index contributed by atoms with van der Waals surface area (Å²) in [5, 5.41) is 7.65. The van der Waals surface area contributed by atoms with Gasteiger partial charge in [0.1, 0.15) is 0 Å². The van der Waals surface area contributed by atoms with Crippen LogP contribution in [0.3, 0.4) is 0 Å². The van der Waals surface area contributed by atoms with Crippen LogP contribution in [-0.2, 0) is 4.79 Å². The second-order valence-corrected chi connectivity index (χ2v) is 2.32. The molecule has 7 heteroatoms. The summed E-state index contributed by atoms with van der Waals surface area (Å²) in [6.45, 7) is 0. The monoisotopic (exact) mass is 210 g/mol. The van der Waals surface area contributed by atoms with Gasteiger partial charge in [-0.3, -0.25) is 9.59 Å². The van der Waals surface area contributed by atoms with E-state index >= 15 is 0 Å². The number of hydrogen-bond acceptors (Lipinski definition) is 3. The summed E-state index contributed by atoms with van der Waals surface area (Å²) in [6, 6.07) is 0. The Balaban J connectivity index is -0.0000000910. The molecule has 1 N–H and O–H groups in total. The third-order valence-electron chi connectivity index (χ3n) is 0.135. The first kappa shape index (κ1) is 17.3. The van der Waals surface area contributed by atoms with Crippen LogP contribution in [-0.4, -0.2) is 50.8 Å². The maximum absolute atomic E-state index is 9.29. The van der Waals surface area contributed by atoms with Crippen LogP contribution in [0.2, 0.25) is 0 Å². The Kier molecular flexibility index (Phi) is 22.2. The van der Waals surface area contributed by atoms with Gasteiger partial charge in [-0.15, -0.1) is 0 Å². The zero-order valence-electron chi connectivity index (χ0n) is 4.31. The van der Waals surface area contributed by atoms with E-state index in [4.69, 9.17) is 5.11 Å². The normalized spacial score (nSPS) is 6.30. The first-order valence-corrected chi connectivity index (χ1v) is 3.28. The molecule has 0 aliphatic carbocycles. The van der Waals surface area contributed by atoms with E-state index in [9.17, 15) is 9.59 Å². The van der Waals surface area contributed by atoms with Crippen LogP contribution < -0.4 is 0 Å². The first-order valence-electron chi connectivity index (χ1n) is 1.75. The fourth-order valence-corrected chi connectivity index (χ4v) is 0. The SMILES string of the molecule is O=C(O)CS.O=C(S)S.[NaH]. The van der Waals surface area contributed by atoms with Gasteiger partial charge < -0.3 is 5.11 Å². The molecule has 0 unspecified atom stereocenters. The second kappa shape index (κ2) is 12.8. The van der Waals surface area contributed by atoms with Crippen molar-refractivity contribution in [3.05, 3.63) is 0 Å². The minimum atomic E-state index is -0.881. The van der Waals surface area contributed by atoms with E-state index in [1.54, 1.807) is 0 Å². The fourth-order valence-electron chi connectivity index (χ4n) is 0. The number of carboxylic acids is 1. The van der Waals surface area contributed by atoms with Gasteiger partial charge in [0.25, 0.3) is 0 Å². The molecule has 10 heavy (non-hydrogen) atoms. The van der Waals surface area contributed by atoms with Crippen molar-refractivity contribution in [2.75, 3.05) is 5.75 Å². The molecule has 0 saturated heterocycles. The zero-order valence-corrected chi connectivity index (χ0v) is 7.00. The van der Waals surface area contributed by atoms with Crippen molar-refractivity contribution < 1.29 is 14.7 Å². The summed E-state index contributed by atoms with van der Waals surface area (Å²) in [4.78, 5) is 18.5. The Bertz CT molecular complexity index is 103. The summed E-state index contributed by atoms with van der Waals surface area (Å²) in [6.07, 6.45) is 0. The Labute approximate surface area is 97.5 Å². The molecule has 0 aromatic heterocycles. The fraction of sp³-hybridized carbons (Fsp3) is 0.333. The Morgan fingerprint density at radius 1 is 1.30 bits per heavy atom. The molecule has 0 aromatic carbocycles. The van der Waals surface area contributed by atoms with Crippen molar-refractivity contribution in [1.82, 2.24) is 0 Å². The predicted molar refractivity (Wildman–Crippen MR) is 52.0 cm³/mol. The Morgan fingerprint density at radius 2 is 1.40 bits per heavy atom. The standard InChI is InChI=1S/C2H4O2S.CH2OS2.Na.H/c3-2(4)1-5;2-1(3)4;;/h5H,1H2,(H,3,4);(H2,2,3,4);;. The maximum atomic E-state index is 9.29. The van der Waals surface area contributed by atoms with Gasteiger partial charge in [0.05, 0.1) is 5.75 Å². The van der Waals surface area contributed by atoms with Crippen molar-refractivity contribution in [2.24, 2.45) is 0 Å². The van der Waals surface area contributed by atoms with Gasteiger partial charge in [0, 0.05) is 0 Å². The summed E-state index contributed by atoms with van der Waals surface area (Å²) < 4.78 is -0.444. The van der Waals surface area contributed by atoms with E-state index in [0.717, 1.165) is 0 Å². The molecule has 0 radical (unpaired) electrons. The molecule has 56 valence electrons. The second-order valence-electron chi connectivity index (χ2n) is 0.834. The number of carbonyl (C=O) groups excluding carboxylic acids is 1.